The van der Waals surface area contributed by atoms with E-state index in [1.54, 1.807) is 0 Å². The Morgan fingerprint density at radius 3 is 2.27 bits per heavy atom. The van der Waals surface area contributed by atoms with E-state index in [2.05, 4.69) is 26.1 Å². The Morgan fingerprint density at radius 2 is 1.87 bits per heavy atom. The van der Waals surface area contributed by atoms with Crippen molar-refractivity contribution in [1.82, 2.24) is 10.2 Å². The first-order chi connectivity index (χ1) is 7.20. The van der Waals surface area contributed by atoms with Gasteiger partial charge in [-0.25, -0.2) is 0 Å². The van der Waals surface area contributed by atoms with Gasteiger partial charge in [0.05, 0.1) is 5.92 Å². The SMILES string of the molecule is CCCN(CCC)C(=O)C1CNCC1C. The van der Waals surface area contributed by atoms with Gasteiger partial charge in [-0.15, -0.1) is 0 Å². The van der Waals surface area contributed by atoms with E-state index in [1.807, 2.05) is 4.90 Å². The van der Waals surface area contributed by atoms with Gasteiger partial charge in [0, 0.05) is 19.6 Å². The Morgan fingerprint density at radius 1 is 1.27 bits per heavy atom. The van der Waals surface area contributed by atoms with E-state index in [9.17, 15) is 4.79 Å². The second kappa shape index (κ2) is 6.11. The third-order valence-corrected chi connectivity index (χ3v) is 3.13. The molecule has 1 rings (SSSR count). The van der Waals surface area contributed by atoms with Crippen LogP contribution in [0, 0.1) is 11.8 Å². The Bertz CT molecular complexity index is 200. The number of carbonyl (C=O) groups excluding carboxylic acids is 1. The molecule has 0 aromatic carbocycles. The van der Waals surface area contributed by atoms with Crippen LogP contribution >= 0.6 is 0 Å². The second-order valence-electron chi connectivity index (χ2n) is 4.57. The van der Waals surface area contributed by atoms with E-state index in [0.717, 1.165) is 39.0 Å². The molecule has 1 aliphatic heterocycles. The molecule has 1 heterocycles. The van der Waals surface area contributed by atoms with Crippen molar-refractivity contribution in [2.75, 3.05) is 26.2 Å². The number of nitrogens with zero attached hydrogens (tertiary/aromatic N) is 1. The molecule has 1 fully saturated rings. The maximum atomic E-state index is 12.2. The van der Waals surface area contributed by atoms with Gasteiger partial charge in [-0.1, -0.05) is 20.8 Å². The van der Waals surface area contributed by atoms with Crippen molar-refractivity contribution in [3.63, 3.8) is 0 Å². The maximum Gasteiger partial charge on any atom is 0.227 e. The molecule has 0 bridgehead atoms. The van der Waals surface area contributed by atoms with Crippen molar-refractivity contribution in [3.05, 3.63) is 0 Å². The van der Waals surface area contributed by atoms with Crippen molar-refractivity contribution in [2.24, 2.45) is 11.8 Å². The molecule has 0 spiro atoms. The molecule has 0 saturated carbocycles. The summed E-state index contributed by atoms with van der Waals surface area (Å²) in [5, 5.41) is 3.29. The molecule has 1 aliphatic rings. The van der Waals surface area contributed by atoms with Gasteiger partial charge < -0.3 is 10.2 Å². The molecule has 88 valence electrons. The summed E-state index contributed by atoms with van der Waals surface area (Å²) in [7, 11) is 0. The molecule has 0 aliphatic carbocycles. The van der Waals surface area contributed by atoms with Crippen LogP contribution in [0.4, 0.5) is 0 Å². The first-order valence-corrected chi connectivity index (χ1v) is 6.20. The van der Waals surface area contributed by atoms with Crippen molar-refractivity contribution >= 4 is 5.91 Å². The molecule has 1 amide bonds. The van der Waals surface area contributed by atoms with E-state index < -0.39 is 0 Å². The average Bonchev–Trinajstić information content (AvgIpc) is 2.63. The van der Waals surface area contributed by atoms with Crippen LogP contribution in [-0.2, 0) is 4.79 Å². The summed E-state index contributed by atoms with van der Waals surface area (Å²) in [6, 6.07) is 0. The fourth-order valence-corrected chi connectivity index (χ4v) is 2.25. The lowest BCUT2D eigenvalue weighted by molar-refractivity contribution is -0.136. The Hall–Kier alpha value is -0.570. The van der Waals surface area contributed by atoms with Crippen molar-refractivity contribution < 1.29 is 4.79 Å². The predicted octanol–water partition coefficient (Wildman–Crippen LogP) is 1.49. The summed E-state index contributed by atoms with van der Waals surface area (Å²) in [5.41, 5.74) is 0. The number of hydrogen-bond acceptors (Lipinski definition) is 2. The summed E-state index contributed by atoms with van der Waals surface area (Å²) >= 11 is 0. The quantitative estimate of drug-likeness (QED) is 0.749. The molecule has 0 radical (unpaired) electrons. The number of amides is 1. The Labute approximate surface area is 93.2 Å². The maximum absolute atomic E-state index is 12.2. The van der Waals surface area contributed by atoms with Crippen LogP contribution in [0.3, 0.4) is 0 Å². The Kier molecular flexibility index (Phi) is 5.09. The highest BCUT2D eigenvalue weighted by Crippen LogP contribution is 2.18. The molecule has 2 unspecified atom stereocenters. The third kappa shape index (κ3) is 3.20. The molecule has 2 atom stereocenters. The van der Waals surface area contributed by atoms with Crippen molar-refractivity contribution in [1.29, 1.82) is 0 Å². The van der Waals surface area contributed by atoms with Crippen LogP contribution in [-0.4, -0.2) is 37.0 Å². The normalized spacial score (nSPS) is 25.5. The van der Waals surface area contributed by atoms with Gasteiger partial charge in [0.25, 0.3) is 0 Å². The molecule has 1 saturated heterocycles. The molecular formula is C12H24N2O. The van der Waals surface area contributed by atoms with Gasteiger partial charge in [0.1, 0.15) is 0 Å². The predicted molar refractivity (Wildman–Crippen MR) is 62.7 cm³/mol. The summed E-state index contributed by atoms with van der Waals surface area (Å²) < 4.78 is 0. The standard InChI is InChI=1S/C12H24N2O/c1-4-6-14(7-5-2)12(15)11-9-13-8-10(11)3/h10-11,13H,4-9H2,1-3H3. The molecule has 0 aromatic heterocycles. The minimum atomic E-state index is 0.211. The van der Waals surface area contributed by atoms with E-state index in [4.69, 9.17) is 0 Å². The van der Waals surface area contributed by atoms with E-state index in [-0.39, 0.29) is 5.92 Å². The first-order valence-electron chi connectivity index (χ1n) is 6.20. The highest BCUT2D eigenvalue weighted by Gasteiger charge is 2.32. The summed E-state index contributed by atoms with van der Waals surface area (Å²) in [4.78, 5) is 14.3. The van der Waals surface area contributed by atoms with Crippen molar-refractivity contribution in [3.8, 4) is 0 Å². The number of carbonyl (C=O) groups is 1. The van der Waals surface area contributed by atoms with Crippen molar-refractivity contribution in [2.45, 2.75) is 33.6 Å². The van der Waals surface area contributed by atoms with Gasteiger partial charge in [-0.3, -0.25) is 4.79 Å². The van der Waals surface area contributed by atoms with Gasteiger partial charge in [-0.05, 0) is 25.3 Å². The fourth-order valence-electron chi connectivity index (χ4n) is 2.25. The first kappa shape index (κ1) is 12.5. The molecule has 1 N–H and O–H groups in total. The van der Waals surface area contributed by atoms with Crippen LogP contribution in [0.25, 0.3) is 0 Å². The highest BCUT2D eigenvalue weighted by molar-refractivity contribution is 5.79. The fraction of sp³-hybridized carbons (Fsp3) is 0.917. The zero-order chi connectivity index (χ0) is 11.3. The minimum Gasteiger partial charge on any atom is -0.342 e. The molecule has 0 aromatic rings. The number of hydrogen-bond donors (Lipinski definition) is 1. The number of rotatable bonds is 5. The molecule has 3 nitrogen and oxygen atoms in total. The van der Waals surface area contributed by atoms with Crippen LogP contribution in [0.5, 0.6) is 0 Å². The lowest BCUT2D eigenvalue weighted by Gasteiger charge is -2.26. The topological polar surface area (TPSA) is 32.3 Å². The monoisotopic (exact) mass is 212 g/mol. The zero-order valence-corrected chi connectivity index (χ0v) is 10.3. The summed E-state index contributed by atoms with van der Waals surface area (Å²) in [6.07, 6.45) is 2.11. The molecular weight excluding hydrogens is 188 g/mol. The lowest BCUT2D eigenvalue weighted by Crippen LogP contribution is -2.39. The molecule has 15 heavy (non-hydrogen) atoms. The largest absolute Gasteiger partial charge is 0.342 e. The summed E-state index contributed by atoms with van der Waals surface area (Å²) in [6.45, 7) is 10.1. The minimum absolute atomic E-state index is 0.211. The van der Waals surface area contributed by atoms with E-state index >= 15 is 0 Å². The van der Waals surface area contributed by atoms with Crippen LogP contribution in [0.1, 0.15) is 33.6 Å². The molecule has 3 heteroatoms. The van der Waals surface area contributed by atoms with Gasteiger partial charge in [-0.2, -0.15) is 0 Å². The third-order valence-electron chi connectivity index (χ3n) is 3.13. The van der Waals surface area contributed by atoms with Crippen LogP contribution in [0.2, 0.25) is 0 Å². The van der Waals surface area contributed by atoms with Gasteiger partial charge in [0.15, 0.2) is 0 Å². The van der Waals surface area contributed by atoms with E-state index in [0.29, 0.717) is 11.8 Å². The van der Waals surface area contributed by atoms with Crippen LogP contribution < -0.4 is 5.32 Å². The smallest absolute Gasteiger partial charge is 0.227 e. The van der Waals surface area contributed by atoms with Gasteiger partial charge >= 0.3 is 0 Å². The number of nitrogens with one attached hydrogen (secondary N) is 1. The average molecular weight is 212 g/mol. The Balaban J connectivity index is 2.54. The highest BCUT2D eigenvalue weighted by atomic mass is 16.2. The summed E-state index contributed by atoms with van der Waals surface area (Å²) in [5.74, 6) is 1.06. The van der Waals surface area contributed by atoms with Gasteiger partial charge in [0.2, 0.25) is 5.91 Å². The van der Waals surface area contributed by atoms with Crippen LogP contribution in [0.15, 0.2) is 0 Å². The zero-order valence-electron chi connectivity index (χ0n) is 10.3. The lowest BCUT2D eigenvalue weighted by atomic mass is 9.96. The second-order valence-corrected chi connectivity index (χ2v) is 4.57. The van der Waals surface area contributed by atoms with E-state index in [1.165, 1.54) is 0 Å².